The van der Waals surface area contributed by atoms with Crippen molar-refractivity contribution in [2.75, 3.05) is 79.2 Å². The number of rotatable bonds is 37. The summed E-state index contributed by atoms with van der Waals surface area (Å²) in [5.74, 6) is -2.08. The Labute approximate surface area is 318 Å². The number of carbonyl (C=O) groups excluding carboxylic acids is 8. The molecule has 0 saturated carbocycles. The fraction of sp³-hybridized carbons (Fsp3) is 0.778. The van der Waals surface area contributed by atoms with Gasteiger partial charge in [-0.15, -0.1) is 0 Å². The molecule has 6 N–H and O–H groups in total. The van der Waals surface area contributed by atoms with Crippen LogP contribution in [0.5, 0.6) is 0 Å². The summed E-state index contributed by atoms with van der Waals surface area (Å²) >= 11 is 0. The zero-order valence-corrected chi connectivity index (χ0v) is 32.3. The zero-order chi connectivity index (χ0) is 40.4. The molecule has 310 valence electrons. The number of nitrogens with one attached hydrogen (secondary N) is 4. The third kappa shape index (κ3) is 32.8. The number of unbranched alkanes of at least 4 members (excludes halogenated alkanes) is 4. The van der Waals surface area contributed by atoms with Crippen LogP contribution in [-0.4, -0.2) is 138 Å². The number of ketones is 3. The highest BCUT2D eigenvalue weighted by Crippen LogP contribution is 2.09. The van der Waals surface area contributed by atoms with Crippen molar-refractivity contribution in [3.05, 3.63) is 0 Å². The largest absolute Gasteiger partial charge is 0.377 e. The Morgan fingerprint density at radius 1 is 0.481 bits per heavy atom. The lowest BCUT2D eigenvalue weighted by atomic mass is 10.0. The minimum Gasteiger partial charge on any atom is -0.377 e. The van der Waals surface area contributed by atoms with E-state index in [9.17, 15) is 38.4 Å². The predicted molar refractivity (Wildman–Crippen MR) is 196 cm³/mol. The van der Waals surface area contributed by atoms with Gasteiger partial charge in [-0.3, -0.25) is 38.4 Å². The van der Waals surface area contributed by atoms with Crippen molar-refractivity contribution in [3.63, 3.8) is 0 Å². The van der Waals surface area contributed by atoms with E-state index in [4.69, 9.17) is 29.4 Å². The second-order valence-corrected chi connectivity index (χ2v) is 12.6. The van der Waals surface area contributed by atoms with E-state index in [2.05, 4.69) is 21.3 Å². The van der Waals surface area contributed by atoms with Crippen molar-refractivity contribution in [2.45, 2.75) is 103 Å². The highest BCUT2D eigenvalue weighted by atomic mass is 16.5. The normalized spacial score (nSPS) is 12.0. The van der Waals surface area contributed by atoms with Gasteiger partial charge in [-0.1, -0.05) is 25.7 Å². The summed E-state index contributed by atoms with van der Waals surface area (Å²) in [6, 6.07) is -1.48. The van der Waals surface area contributed by atoms with Gasteiger partial charge in [0.1, 0.15) is 31.6 Å². The number of hydrogen-bond donors (Lipinski definition) is 5. The standard InChI is InChI=1S/C36H63N5O13/c1-27(42)32(40-34(47)25-53-22-20-50-18-15-38-28(2)43)12-8-4-6-10-30(45)14-17-52-24-31(46)11-7-5-9-13-33(36(37)49)41-35(48)26-54-23-21-51-19-16-39-29(3)44/h32-33H,4-26H2,1-3H3,(H2,37,49)(H,38,43)(H,39,44)(H,40,47)(H,41,48). The molecule has 0 radical (unpaired) electrons. The van der Waals surface area contributed by atoms with Crippen LogP contribution >= 0.6 is 0 Å². The van der Waals surface area contributed by atoms with Crippen molar-refractivity contribution in [1.29, 1.82) is 0 Å². The number of carbonyl (C=O) groups is 8. The van der Waals surface area contributed by atoms with Crippen LogP contribution in [0.2, 0.25) is 0 Å². The highest BCUT2D eigenvalue weighted by Gasteiger charge is 2.18. The molecule has 0 aromatic rings. The van der Waals surface area contributed by atoms with Crippen LogP contribution in [0.25, 0.3) is 0 Å². The van der Waals surface area contributed by atoms with Gasteiger partial charge in [-0.2, -0.15) is 0 Å². The monoisotopic (exact) mass is 773 g/mol. The summed E-state index contributed by atoms with van der Waals surface area (Å²) < 4.78 is 26.4. The Bertz CT molecular complexity index is 1050. The summed E-state index contributed by atoms with van der Waals surface area (Å²) in [5.41, 5.74) is 5.41. The van der Waals surface area contributed by atoms with Gasteiger partial charge in [0, 0.05) is 46.2 Å². The summed E-state index contributed by atoms with van der Waals surface area (Å²) in [4.78, 5) is 93.9. The van der Waals surface area contributed by atoms with Crippen LogP contribution in [-0.2, 0) is 62.0 Å². The van der Waals surface area contributed by atoms with Gasteiger partial charge in [0.05, 0.1) is 52.3 Å². The van der Waals surface area contributed by atoms with Gasteiger partial charge in [0.25, 0.3) is 0 Å². The maximum absolute atomic E-state index is 12.2. The SMILES string of the molecule is CC(=O)NCCOCCOCC(=O)NC(CCCCCC(=O)CCOCC(=O)CCCCCC(NC(=O)COCCOCCNC(C)=O)C(N)=O)C(C)=O. The number of primary amides is 1. The topological polar surface area (TPSA) is 257 Å². The van der Waals surface area contributed by atoms with E-state index in [1.807, 2.05) is 0 Å². The van der Waals surface area contributed by atoms with Gasteiger partial charge in [0.15, 0.2) is 11.6 Å². The molecule has 18 heteroatoms. The molecule has 5 amide bonds. The zero-order valence-electron chi connectivity index (χ0n) is 32.3. The first-order valence-corrected chi connectivity index (χ1v) is 18.6. The van der Waals surface area contributed by atoms with Crippen molar-refractivity contribution < 1.29 is 62.0 Å². The van der Waals surface area contributed by atoms with E-state index in [0.717, 1.165) is 0 Å². The van der Waals surface area contributed by atoms with Crippen LogP contribution < -0.4 is 27.0 Å². The molecule has 0 aliphatic rings. The molecule has 0 rings (SSSR count). The van der Waals surface area contributed by atoms with Crippen LogP contribution in [0.3, 0.4) is 0 Å². The van der Waals surface area contributed by atoms with Crippen molar-refractivity contribution in [2.24, 2.45) is 5.73 Å². The summed E-state index contributed by atoms with van der Waals surface area (Å²) in [6.45, 7) is 6.12. The average Bonchev–Trinajstić information content (AvgIpc) is 3.10. The first-order chi connectivity index (χ1) is 25.8. The lowest BCUT2D eigenvalue weighted by molar-refractivity contribution is -0.131. The Morgan fingerprint density at radius 3 is 1.41 bits per heavy atom. The van der Waals surface area contributed by atoms with E-state index >= 15 is 0 Å². The molecule has 0 aromatic carbocycles. The molecule has 2 unspecified atom stereocenters. The smallest absolute Gasteiger partial charge is 0.246 e. The number of Topliss-reactive ketones (excluding diaryl/α,β-unsaturated/α-hetero) is 3. The Balaban J connectivity index is 3.90. The third-order valence-electron chi connectivity index (χ3n) is 7.64. The molecule has 0 spiro atoms. The first kappa shape index (κ1) is 50.2. The van der Waals surface area contributed by atoms with E-state index in [0.29, 0.717) is 84.1 Å². The summed E-state index contributed by atoms with van der Waals surface area (Å²) in [7, 11) is 0. The molecule has 0 saturated heterocycles. The molecule has 0 bridgehead atoms. The molecular formula is C36H63N5O13. The Hall–Kier alpha value is -3.84. The molecule has 54 heavy (non-hydrogen) atoms. The van der Waals surface area contributed by atoms with Crippen LogP contribution in [0, 0.1) is 0 Å². The Kier molecular flexibility index (Phi) is 31.3. The lowest BCUT2D eigenvalue weighted by Crippen LogP contribution is -2.45. The fourth-order valence-corrected chi connectivity index (χ4v) is 4.77. The second-order valence-electron chi connectivity index (χ2n) is 12.6. The van der Waals surface area contributed by atoms with Crippen LogP contribution in [0.4, 0.5) is 0 Å². The average molecular weight is 774 g/mol. The molecule has 0 aliphatic heterocycles. The van der Waals surface area contributed by atoms with Gasteiger partial charge >= 0.3 is 0 Å². The summed E-state index contributed by atoms with van der Waals surface area (Å²) in [6.07, 6.45) is 5.39. The fourth-order valence-electron chi connectivity index (χ4n) is 4.77. The molecular weight excluding hydrogens is 710 g/mol. The van der Waals surface area contributed by atoms with Crippen LogP contribution in [0.1, 0.15) is 91.4 Å². The quantitative estimate of drug-likeness (QED) is 0.0514. The second kappa shape index (κ2) is 33.7. The number of amides is 5. The van der Waals surface area contributed by atoms with Crippen molar-refractivity contribution >= 4 is 46.9 Å². The van der Waals surface area contributed by atoms with E-state index in [1.54, 1.807) is 0 Å². The van der Waals surface area contributed by atoms with Gasteiger partial charge in [-0.05, 0) is 32.6 Å². The molecule has 0 aromatic heterocycles. The maximum atomic E-state index is 12.2. The molecule has 0 aliphatic carbocycles. The highest BCUT2D eigenvalue weighted by molar-refractivity contribution is 5.88. The van der Waals surface area contributed by atoms with E-state index in [1.165, 1.54) is 20.8 Å². The Morgan fingerprint density at radius 2 is 0.926 bits per heavy atom. The first-order valence-electron chi connectivity index (χ1n) is 18.6. The van der Waals surface area contributed by atoms with Gasteiger partial charge in [0.2, 0.25) is 29.5 Å². The maximum Gasteiger partial charge on any atom is 0.246 e. The number of hydrogen-bond acceptors (Lipinski definition) is 13. The third-order valence-corrected chi connectivity index (χ3v) is 7.64. The molecule has 18 nitrogen and oxygen atoms in total. The summed E-state index contributed by atoms with van der Waals surface area (Å²) in [5, 5.41) is 10.4. The van der Waals surface area contributed by atoms with Crippen LogP contribution in [0.15, 0.2) is 0 Å². The van der Waals surface area contributed by atoms with E-state index < -0.39 is 29.8 Å². The lowest BCUT2D eigenvalue weighted by Gasteiger charge is -2.16. The van der Waals surface area contributed by atoms with Gasteiger partial charge in [-0.25, -0.2) is 0 Å². The molecule has 0 fully saturated rings. The van der Waals surface area contributed by atoms with Gasteiger partial charge < -0.3 is 50.7 Å². The minimum atomic E-state index is -0.852. The minimum absolute atomic E-state index is 0.0158. The number of nitrogens with two attached hydrogens (primary N) is 1. The molecule has 0 heterocycles. The van der Waals surface area contributed by atoms with Crippen molar-refractivity contribution in [1.82, 2.24) is 21.3 Å². The molecule has 2 atom stereocenters. The number of ether oxygens (including phenoxy) is 5. The van der Waals surface area contributed by atoms with Crippen molar-refractivity contribution in [3.8, 4) is 0 Å². The predicted octanol–water partition coefficient (Wildman–Crippen LogP) is -0.185. The van der Waals surface area contributed by atoms with E-state index in [-0.39, 0.29) is 94.9 Å².